The predicted molar refractivity (Wildman–Crippen MR) is 123 cm³/mol. The second-order valence-electron chi connectivity index (χ2n) is 8.81. The van der Waals surface area contributed by atoms with Gasteiger partial charge in [0.05, 0.1) is 13.2 Å². The molecule has 0 aromatic heterocycles. The highest BCUT2D eigenvalue weighted by atomic mass is 16.5. The second kappa shape index (κ2) is 19.2. The summed E-state index contributed by atoms with van der Waals surface area (Å²) in [6.07, 6.45) is 20.6. The van der Waals surface area contributed by atoms with Gasteiger partial charge in [-0.05, 0) is 26.2 Å². The average Bonchev–Trinajstić information content (AvgIpc) is 3.08. The summed E-state index contributed by atoms with van der Waals surface area (Å²) in [5, 5.41) is 29.1. The van der Waals surface area contributed by atoms with Gasteiger partial charge in [-0.1, -0.05) is 89.2 Å². The molecule has 1 heterocycles. The molecule has 3 N–H and O–H groups in total. The molecular weight excluding hydrogens is 380 g/mol. The number of ether oxygens (including phenoxy) is 2. The van der Waals surface area contributed by atoms with Crippen molar-refractivity contribution in [3.8, 4) is 0 Å². The Morgan fingerprint density at radius 3 is 1.80 bits per heavy atom. The molecule has 0 amide bonds. The number of aliphatic hydroxyl groups is 3. The lowest BCUT2D eigenvalue weighted by atomic mass is 10.0. The first kappa shape index (κ1) is 27.6. The highest BCUT2D eigenvalue weighted by Crippen LogP contribution is 2.18. The summed E-state index contributed by atoms with van der Waals surface area (Å²) < 4.78 is 10.7. The molecule has 178 valence electrons. The van der Waals surface area contributed by atoms with E-state index in [1.165, 1.54) is 83.5 Å². The highest BCUT2D eigenvalue weighted by molar-refractivity contribution is 4.87. The molecule has 0 aromatic carbocycles. The molecule has 0 saturated carbocycles. The second-order valence-corrected chi connectivity index (χ2v) is 8.81. The molecule has 1 rings (SSSR count). The Labute approximate surface area is 184 Å². The fraction of sp³-hybridized carbons (Fsp3) is 0.920. The van der Waals surface area contributed by atoms with E-state index in [0.717, 1.165) is 12.8 Å². The van der Waals surface area contributed by atoms with Gasteiger partial charge in [-0.3, -0.25) is 0 Å². The number of hydrogen-bond donors (Lipinski definition) is 3. The van der Waals surface area contributed by atoms with Gasteiger partial charge in [0.15, 0.2) is 0 Å². The number of rotatable bonds is 20. The summed E-state index contributed by atoms with van der Waals surface area (Å²) in [4.78, 5) is 0. The van der Waals surface area contributed by atoms with Crippen LogP contribution in [0.15, 0.2) is 12.2 Å². The van der Waals surface area contributed by atoms with Gasteiger partial charge in [0.2, 0.25) is 0 Å². The van der Waals surface area contributed by atoms with Crippen LogP contribution in [0.4, 0.5) is 0 Å². The van der Waals surface area contributed by atoms with Gasteiger partial charge in [-0.15, -0.1) is 0 Å². The standard InChI is InChI=1S/C25H48O5/c1-2-3-4-5-6-7-8-9-10-11-12-13-14-15-16-17-18-19-29-20-23(27)25-24(28)22(26)21-30-25/h2-3,22-28H,4-21H2,1H3/b3-2+/t22-,23+,24+,25+/m0/s1. The summed E-state index contributed by atoms with van der Waals surface area (Å²) in [5.74, 6) is 0. The summed E-state index contributed by atoms with van der Waals surface area (Å²) in [6, 6.07) is 0. The number of allylic oxidation sites excluding steroid dienone is 2. The van der Waals surface area contributed by atoms with Crippen molar-refractivity contribution in [3.63, 3.8) is 0 Å². The normalized spacial score (nSPS) is 22.9. The van der Waals surface area contributed by atoms with E-state index in [1.54, 1.807) is 0 Å². The maximum Gasteiger partial charge on any atom is 0.114 e. The van der Waals surface area contributed by atoms with Gasteiger partial charge in [0, 0.05) is 6.61 Å². The van der Waals surface area contributed by atoms with Gasteiger partial charge < -0.3 is 24.8 Å². The van der Waals surface area contributed by atoms with Gasteiger partial charge in [-0.25, -0.2) is 0 Å². The van der Waals surface area contributed by atoms with Crippen molar-refractivity contribution < 1.29 is 24.8 Å². The van der Waals surface area contributed by atoms with Crippen LogP contribution in [0, 0.1) is 0 Å². The maximum atomic E-state index is 9.96. The van der Waals surface area contributed by atoms with Crippen LogP contribution in [0.5, 0.6) is 0 Å². The van der Waals surface area contributed by atoms with E-state index in [1.807, 2.05) is 0 Å². The Balaban J connectivity index is 1.74. The quantitative estimate of drug-likeness (QED) is 0.190. The molecule has 1 fully saturated rings. The van der Waals surface area contributed by atoms with Crippen molar-refractivity contribution in [2.75, 3.05) is 19.8 Å². The van der Waals surface area contributed by atoms with E-state index in [9.17, 15) is 15.3 Å². The van der Waals surface area contributed by atoms with Crippen molar-refractivity contribution in [1.29, 1.82) is 0 Å². The van der Waals surface area contributed by atoms with Crippen LogP contribution < -0.4 is 0 Å². The summed E-state index contributed by atoms with van der Waals surface area (Å²) in [7, 11) is 0. The molecule has 5 heteroatoms. The van der Waals surface area contributed by atoms with E-state index in [-0.39, 0.29) is 13.2 Å². The molecule has 4 atom stereocenters. The lowest BCUT2D eigenvalue weighted by Crippen LogP contribution is -2.40. The molecule has 0 radical (unpaired) electrons. The largest absolute Gasteiger partial charge is 0.388 e. The summed E-state index contributed by atoms with van der Waals surface area (Å²) >= 11 is 0. The van der Waals surface area contributed by atoms with Crippen LogP contribution in [-0.4, -0.2) is 59.6 Å². The zero-order valence-corrected chi connectivity index (χ0v) is 19.4. The molecule has 0 bridgehead atoms. The van der Waals surface area contributed by atoms with E-state index < -0.39 is 24.4 Å². The first-order chi connectivity index (χ1) is 14.7. The Bertz CT molecular complexity index is 401. The van der Waals surface area contributed by atoms with Gasteiger partial charge in [0.25, 0.3) is 0 Å². The summed E-state index contributed by atoms with van der Waals surface area (Å²) in [6.45, 7) is 2.93. The van der Waals surface area contributed by atoms with Crippen LogP contribution >= 0.6 is 0 Å². The average molecular weight is 429 g/mol. The molecular formula is C25H48O5. The zero-order valence-electron chi connectivity index (χ0n) is 19.4. The third-order valence-electron chi connectivity index (χ3n) is 6.00. The first-order valence-corrected chi connectivity index (χ1v) is 12.5. The van der Waals surface area contributed by atoms with Crippen molar-refractivity contribution in [3.05, 3.63) is 12.2 Å². The van der Waals surface area contributed by atoms with Gasteiger partial charge >= 0.3 is 0 Å². The van der Waals surface area contributed by atoms with Gasteiger partial charge in [0.1, 0.15) is 24.4 Å². The molecule has 5 nitrogen and oxygen atoms in total. The monoisotopic (exact) mass is 428 g/mol. The number of unbranched alkanes of at least 4 members (excludes halogenated alkanes) is 14. The van der Waals surface area contributed by atoms with Crippen molar-refractivity contribution in [2.24, 2.45) is 0 Å². The lowest BCUT2D eigenvalue weighted by Gasteiger charge is -2.20. The lowest BCUT2D eigenvalue weighted by molar-refractivity contribution is -0.0813. The smallest absolute Gasteiger partial charge is 0.114 e. The minimum Gasteiger partial charge on any atom is -0.388 e. The topological polar surface area (TPSA) is 79.2 Å². The molecule has 0 unspecified atom stereocenters. The van der Waals surface area contributed by atoms with Crippen molar-refractivity contribution in [2.45, 2.75) is 128 Å². The number of aliphatic hydroxyl groups excluding tert-OH is 3. The van der Waals surface area contributed by atoms with E-state index in [4.69, 9.17) is 9.47 Å². The van der Waals surface area contributed by atoms with Crippen LogP contribution in [-0.2, 0) is 9.47 Å². The maximum absolute atomic E-state index is 9.96. The highest BCUT2D eigenvalue weighted by Gasteiger charge is 2.39. The molecule has 1 aliphatic heterocycles. The molecule has 0 aromatic rings. The van der Waals surface area contributed by atoms with Gasteiger partial charge in [-0.2, -0.15) is 0 Å². The third-order valence-corrected chi connectivity index (χ3v) is 6.00. The van der Waals surface area contributed by atoms with E-state index >= 15 is 0 Å². The Morgan fingerprint density at radius 1 is 0.833 bits per heavy atom. The fourth-order valence-electron chi connectivity index (χ4n) is 4.02. The van der Waals surface area contributed by atoms with Crippen molar-refractivity contribution in [1.82, 2.24) is 0 Å². The van der Waals surface area contributed by atoms with Crippen molar-refractivity contribution >= 4 is 0 Å². The molecule has 1 saturated heterocycles. The summed E-state index contributed by atoms with van der Waals surface area (Å²) in [5.41, 5.74) is 0. The minimum absolute atomic E-state index is 0.0697. The van der Waals surface area contributed by atoms with Crippen LogP contribution in [0.25, 0.3) is 0 Å². The molecule has 0 spiro atoms. The zero-order chi connectivity index (χ0) is 21.9. The van der Waals surface area contributed by atoms with Crippen LogP contribution in [0.1, 0.15) is 103 Å². The molecule has 1 aliphatic rings. The molecule has 0 aliphatic carbocycles. The SMILES string of the molecule is C/C=C/CCCCCCCCCCCCCCCCOC[C@@H](O)[C@H]1OC[C@H](O)[C@H]1O. The fourth-order valence-corrected chi connectivity index (χ4v) is 4.02. The molecule has 30 heavy (non-hydrogen) atoms. The Hall–Kier alpha value is -0.460. The van der Waals surface area contributed by atoms with E-state index in [2.05, 4.69) is 19.1 Å². The third kappa shape index (κ3) is 13.8. The Morgan fingerprint density at radius 2 is 1.33 bits per heavy atom. The number of hydrogen-bond acceptors (Lipinski definition) is 5. The van der Waals surface area contributed by atoms with E-state index in [0.29, 0.717) is 6.61 Å². The first-order valence-electron chi connectivity index (χ1n) is 12.5. The van der Waals surface area contributed by atoms with Crippen LogP contribution in [0.3, 0.4) is 0 Å². The van der Waals surface area contributed by atoms with Crippen LogP contribution in [0.2, 0.25) is 0 Å². The Kier molecular flexibility index (Phi) is 17.7. The predicted octanol–water partition coefficient (Wildman–Crippen LogP) is 4.91. The minimum atomic E-state index is -1.03.